The Hall–Kier alpha value is -1.34. The first-order valence-electron chi connectivity index (χ1n) is 4.21. The van der Waals surface area contributed by atoms with Crippen molar-refractivity contribution in [3.8, 4) is 11.5 Å². The molecule has 5 N–H and O–H groups in total. The number of rotatable bonds is 3. The van der Waals surface area contributed by atoms with Gasteiger partial charge in [0.05, 0.1) is 6.42 Å². The monoisotopic (exact) mass is 293 g/mol. The van der Waals surface area contributed by atoms with Crippen LogP contribution in [0.25, 0.3) is 0 Å². The van der Waals surface area contributed by atoms with Gasteiger partial charge in [-0.15, -0.1) is 0 Å². The highest BCUT2D eigenvalue weighted by molar-refractivity contribution is 9.10. The summed E-state index contributed by atoms with van der Waals surface area (Å²) in [5.74, 6) is -3.90. The molecule has 1 unspecified atom stereocenters. The lowest BCUT2D eigenvalue weighted by Crippen LogP contribution is -2.17. The van der Waals surface area contributed by atoms with E-state index in [0.717, 1.165) is 6.07 Å². The molecule has 88 valence electrons. The molecule has 0 spiro atoms. The third kappa shape index (κ3) is 2.42. The van der Waals surface area contributed by atoms with Crippen LogP contribution in [0, 0.1) is 5.82 Å². The molecule has 0 bridgehead atoms. The maximum Gasteiger partial charge on any atom is 0.305 e. The van der Waals surface area contributed by atoms with Crippen LogP contribution in [0.5, 0.6) is 11.5 Å². The number of phenols is 2. The molecule has 0 saturated carbocycles. The van der Waals surface area contributed by atoms with Crippen LogP contribution in [0.15, 0.2) is 10.5 Å². The third-order valence-corrected chi connectivity index (χ3v) is 2.63. The first-order chi connectivity index (χ1) is 7.34. The maximum absolute atomic E-state index is 13.5. The van der Waals surface area contributed by atoms with Crippen molar-refractivity contribution in [3.05, 3.63) is 21.9 Å². The molecule has 7 heteroatoms. The quantitative estimate of drug-likeness (QED) is 0.632. The standard InChI is InChI=1S/C9H9BrFNO4/c10-3-1-5(13)9(16)8(11)7(3)4(12)2-6(14)15/h1,4,13,16H,2,12H2,(H,14,15). The summed E-state index contributed by atoms with van der Waals surface area (Å²) in [6, 6.07) is -0.0616. The molecule has 0 radical (unpaired) electrons. The Morgan fingerprint density at radius 1 is 1.56 bits per heavy atom. The fraction of sp³-hybridized carbons (Fsp3) is 0.222. The van der Waals surface area contributed by atoms with E-state index in [0.29, 0.717) is 0 Å². The lowest BCUT2D eigenvalue weighted by atomic mass is 10.0. The smallest absolute Gasteiger partial charge is 0.305 e. The first kappa shape index (κ1) is 12.7. The number of aliphatic carboxylic acids is 1. The molecule has 1 aromatic rings. The largest absolute Gasteiger partial charge is 0.504 e. The lowest BCUT2D eigenvalue weighted by Gasteiger charge is -2.14. The van der Waals surface area contributed by atoms with E-state index in [2.05, 4.69) is 15.9 Å². The summed E-state index contributed by atoms with van der Waals surface area (Å²) >= 11 is 2.94. The van der Waals surface area contributed by atoms with Crippen molar-refractivity contribution < 1.29 is 24.5 Å². The number of hydrogen-bond donors (Lipinski definition) is 4. The van der Waals surface area contributed by atoms with Crippen LogP contribution in [0.2, 0.25) is 0 Å². The normalized spacial score (nSPS) is 12.4. The molecule has 16 heavy (non-hydrogen) atoms. The van der Waals surface area contributed by atoms with E-state index in [1.54, 1.807) is 0 Å². The van der Waals surface area contributed by atoms with Crippen LogP contribution in [-0.2, 0) is 4.79 Å². The third-order valence-electron chi connectivity index (χ3n) is 1.97. The van der Waals surface area contributed by atoms with Gasteiger partial charge >= 0.3 is 5.97 Å². The minimum atomic E-state index is -1.19. The predicted molar refractivity (Wildman–Crippen MR) is 56.6 cm³/mol. The summed E-state index contributed by atoms with van der Waals surface area (Å²) in [4.78, 5) is 10.4. The molecule has 0 heterocycles. The number of hydrogen-bond acceptors (Lipinski definition) is 4. The Morgan fingerprint density at radius 2 is 2.12 bits per heavy atom. The zero-order chi connectivity index (χ0) is 12.5. The van der Waals surface area contributed by atoms with Crippen molar-refractivity contribution in [2.45, 2.75) is 12.5 Å². The van der Waals surface area contributed by atoms with Gasteiger partial charge in [0.1, 0.15) is 0 Å². The van der Waals surface area contributed by atoms with Crippen LogP contribution in [-0.4, -0.2) is 21.3 Å². The highest BCUT2D eigenvalue weighted by Crippen LogP contribution is 2.38. The van der Waals surface area contributed by atoms with E-state index < -0.39 is 35.7 Å². The van der Waals surface area contributed by atoms with E-state index in [1.807, 2.05) is 0 Å². The summed E-state index contributed by atoms with van der Waals surface area (Å²) in [6.07, 6.45) is -0.486. The topological polar surface area (TPSA) is 104 Å². The molecule has 1 rings (SSSR count). The Bertz CT molecular complexity index is 438. The molecule has 0 aromatic heterocycles. The van der Waals surface area contributed by atoms with Gasteiger partial charge in [-0.3, -0.25) is 4.79 Å². The van der Waals surface area contributed by atoms with Crippen LogP contribution in [0.4, 0.5) is 4.39 Å². The van der Waals surface area contributed by atoms with Gasteiger partial charge in [0, 0.05) is 16.1 Å². The minimum Gasteiger partial charge on any atom is -0.504 e. The van der Waals surface area contributed by atoms with Gasteiger partial charge in [-0.1, -0.05) is 15.9 Å². The minimum absolute atomic E-state index is 0.106. The Morgan fingerprint density at radius 3 is 2.62 bits per heavy atom. The van der Waals surface area contributed by atoms with E-state index >= 15 is 0 Å². The second-order valence-electron chi connectivity index (χ2n) is 3.16. The Balaban J connectivity index is 3.23. The zero-order valence-electron chi connectivity index (χ0n) is 7.94. The summed E-state index contributed by atoms with van der Waals surface area (Å²) in [7, 11) is 0. The molecule has 0 saturated heterocycles. The average Bonchev–Trinajstić information content (AvgIpc) is 2.13. The predicted octanol–water partition coefficient (Wildman–Crippen LogP) is 1.47. The van der Waals surface area contributed by atoms with Crippen molar-refractivity contribution in [2.75, 3.05) is 0 Å². The summed E-state index contributed by atoms with van der Waals surface area (Å²) in [5.41, 5.74) is 5.29. The maximum atomic E-state index is 13.5. The number of nitrogens with two attached hydrogens (primary N) is 1. The number of carboxylic acids is 1. The zero-order valence-corrected chi connectivity index (χ0v) is 9.53. The molecule has 0 fully saturated rings. The second-order valence-corrected chi connectivity index (χ2v) is 4.01. The number of benzene rings is 1. The molecule has 0 aliphatic rings. The molecule has 0 aliphatic carbocycles. The summed E-state index contributed by atoms with van der Waals surface area (Å²) in [6.45, 7) is 0. The molecule has 1 aromatic carbocycles. The van der Waals surface area contributed by atoms with Crippen molar-refractivity contribution in [3.63, 3.8) is 0 Å². The van der Waals surface area contributed by atoms with Gasteiger partial charge in [-0.25, -0.2) is 4.39 Å². The average molecular weight is 294 g/mol. The van der Waals surface area contributed by atoms with E-state index in [4.69, 9.17) is 21.1 Å². The second kappa shape index (κ2) is 4.67. The molecule has 0 aliphatic heterocycles. The van der Waals surface area contributed by atoms with Crippen LogP contribution >= 0.6 is 15.9 Å². The van der Waals surface area contributed by atoms with E-state index in [-0.39, 0.29) is 10.0 Å². The number of phenolic OH excluding ortho intramolecular Hbond substituents is 2. The number of aromatic hydroxyl groups is 2. The van der Waals surface area contributed by atoms with E-state index in [9.17, 15) is 9.18 Å². The number of halogens is 2. The number of carboxylic acid groups (broad SMARTS) is 1. The summed E-state index contributed by atoms with van der Waals surface area (Å²) in [5, 5.41) is 26.8. The van der Waals surface area contributed by atoms with Crippen molar-refractivity contribution >= 4 is 21.9 Å². The molecule has 1 atom stereocenters. The van der Waals surface area contributed by atoms with Crippen LogP contribution in [0.3, 0.4) is 0 Å². The lowest BCUT2D eigenvalue weighted by molar-refractivity contribution is -0.137. The van der Waals surface area contributed by atoms with Gasteiger partial charge in [-0.2, -0.15) is 0 Å². The van der Waals surface area contributed by atoms with Crippen molar-refractivity contribution in [1.82, 2.24) is 0 Å². The fourth-order valence-electron chi connectivity index (χ4n) is 1.24. The van der Waals surface area contributed by atoms with Gasteiger partial charge < -0.3 is 21.1 Å². The van der Waals surface area contributed by atoms with Crippen LogP contribution in [0.1, 0.15) is 18.0 Å². The van der Waals surface area contributed by atoms with Gasteiger partial charge in [0.15, 0.2) is 17.3 Å². The van der Waals surface area contributed by atoms with Gasteiger partial charge in [-0.05, 0) is 6.07 Å². The molecule has 0 amide bonds. The van der Waals surface area contributed by atoms with Crippen molar-refractivity contribution in [2.24, 2.45) is 5.73 Å². The molecular weight excluding hydrogens is 285 g/mol. The highest BCUT2D eigenvalue weighted by Gasteiger charge is 2.22. The van der Waals surface area contributed by atoms with Crippen molar-refractivity contribution in [1.29, 1.82) is 0 Å². The van der Waals surface area contributed by atoms with E-state index in [1.165, 1.54) is 0 Å². The van der Waals surface area contributed by atoms with Crippen LogP contribution < -0.4 is 5.73 Å². The first-order valence-corrected chi connectivity index (χ1v) is 5.01. The van der Waals surface area contributed by atoms with Gasteiger partial charge in [0.2, 0.25) is 0 Å². The SMILES string of the molecule is NC(CC(=O)O)c1c(Br)cc(O)c(O)c1F. The fourth-order valence-corrected chi connectivity index (χ4v) is 1.93. The molecular formula is C9H9BrFNO4. The van der Waals surface area contributed by atoms with Gasteiger partial charge in [0.25, 0.3) is 0 Å². The highest BCUT2D eigenvalue weighted by atomic mass is 79.9. The number of carbonyl (C=O) groups is 1. The Labute approximate surface area is 98.4 Å². The molecule has 5 nitrogen and oxygen atoms in total. The Kier molecular flexibility index (Phi) is 3.71. The summed E-state index contributed by atoms with van der Waals surface area (Å²) < 4.78 is 13.6.